The summed E-state index contributed by atoms with van der Waals surface area (Å²) in [5, 5.41) is 8.21. The highest BCUT2D eigenvalue weighted by atomic mass is 15.3. The van der Waals surface area contributed by atoms with Crippen molar-refractivity contribution in [3.63, 3.8) is 0 Å². The summed E-state index contributed by atoms with van der Waals surface area (Å²) >= 11 is 0. The van der Waals surface area contributed by atoms with Gasteiger partial charge in [0, 0.05) is 12.5 Å². The number of aromatic nitrogens is 3. The molecule has 0 amide bonds. The van der Waals surface area contributed by atoms with Gasteiger partial charge in [-0.2, -0.15) is 0 Å². The molecule has 3 nitrogen and oxygen atoms in total. The van der Waals surface area contributed by atoms with Gasteiger partial charge >= 0.3 is 0 Å². The lowest BCUT2D eigenvalue weighted by atomic mass is 10.1. The van der Waals surface area contributed by atoms with E-state index in [1.54, 1.807) is 0 Å². The van der Waals surface area contributed by atoms with Crippen LogP contribution < -0.4 is 0 Å². The molecule has 0 unspecified atom stereocenters. The van der Waals surface area contributed by atoms with Crippen molar-refractivity contribution in [3.8, 4) is 0 Å². The molecular weight excluding hydrogens is 198 g/mol. The average molecular weight is 213 g/mol. The highest BCUT2D eigenvalue weighted by Crippen LogP contribution is 2.35. The first-order chi connectivity index (χ1) is 7.93. The number of hydrogen-bond donors (Lipinski definition) is 0. The zero-order valence-electron chi connectivity index (χ0n) is 9.21. The third-order valence-corrected chi connectivity index (χ3v) is 3.07. The van der Waals surface area contributed by atoms with Crippen LogP contribution in [0.1, 0.15) is 30.3 Å². The van der Waals surface area contributed by atoms with E-state index in [2.05, 4.69) is 45.1 Å². The zero-order valence-corrected chi connectivity index (χ0v) is 9.21. The van der Waals surface area contributed by atoms with Crippen LogP contribution in [-0.2, 0) is 12.8 Å². The van der Waals surface area contributed by atoms with E-state index in [0.717, 1.165) is 18.7 Å². The first kappa shape index (κ1) is 9.58. The fourth-order valence-corrected chi connectivity index (χ4v) is 2.00. The Bertz CT molecular complexity index is 457. The van der Waals surface area contributed by atoms with Crippen LogP contribution in [0.2, 0.25) is 0 Å². The van der Waals surface area contributed by atoms with E-state index in [4.69, 9.17) is 0 Å². The molecule has 0 radical (unpaired) electrons. The fraction of sp³-hybridized carbons (Fsp3) is 0.385. The highest BCUT2D eigenvalue weighted by Gasteiger charge is 2.25. The lowest BCUT2D eigenvalue weighted by Crippen LogP contribution is -2.02. The molecule has 0 N–H and O–H groups in total. The lowest BCUT2D eigenvalue weighted by molar-refractivity contribution is 0.673. The topological polar surface area (TPSA) is 30.7 Å². The monoisotopic (exact) mass is 213 g/mol. The van der Waals surface area contributed by atoms with Crippen molar-refractivity contribution in [1.29, 1.82) is 0 Å². The second kappa shape index (κ2) is 4.08. The van der Waals surface area contributed by atoms with E-state index in [1.165, 1.54) is 18.4 Å². The van der Waals surface area contributed by atoms with Gasteiger partial charge in [0.15, 0.2) is 0 Å². The molecule has 2 aromatic rings. The minimum absolute atomic E-state index is 0.681. The first-order valence-corrected chi connectivity index (χ1v) is 5.86. The van der Waals surface area contributed by atoms with Crippen LogP contribution in [0.25, 0.3) is 0 Å². The Morgan fingerprint density at radius 1 is 1.12 bits per heavy atom. The van der Waals surface area contributed by atoms with Crippen LogP contribution >= 0.6 is 0 Å². The number of aryl methyl sites for hydroxylation is 2. The molecule has 1 heterocycles. The van der Waals surface area contributed by atoms with E-state index >= 15 is 0 Å². The summed E-state index contributed by atoms with van der Waals surface area (Å²) in [6.45, 7) is 0. The second-order valence-corrected chi connectivity index (χ2v) is 4.37. The van der Waals surface area contributed by atoms with Gasteiger partial charge in [-0.3, -0.25) is 0 Å². The quantitative estimate of drug-likeness (QED) is 0.780. The molecule has 0 aliphatic heterocycles. The molecule has 0 atom stereocenters. The van der Waals surface area contributed by atoms with E-state index in [9.17, 15) is 0 Å². The summed E-state index contributed by atoms with van der Waals surface area (Å²) in [4.78, 5) is 0. The number of benzene rings is 1. The minimum Gasteiger partial charge on any atom is -0.314 e. The molecule has 1 saturated carbocycles. The Labute approximate surface area is 95.1 Å². The van der Waals surface area contributed by atoms with Crippen molar-refractivity contribution < 1.29 is 0 Å². The smallest absolute Gasteiger partial charge is 0.133 e. The summed E-state index contributed by atoms with van der Waals surface area (Å²) < 4.78 is 2.24. The molecule has 0 saturated heterocycles. The second-order valence-electron chi connectivity index (χ2n) is 4.37. The van der Waals surface area contributed by atoms with Crippen LogP contribution in [0.5, 0.6) is 0 Å². The molecule has 1 aliphatic carbocycles. The van der Waals surface area contributed by atoms with Gasteiger partial charge in [0.05, 0.1) is 0 Å². The van der Waals surface area contributed by atoms with Crippen LogP contribution in [0.3, 0.4) is 0 Å². The Morgan fingerprint density at radius 3 is 2.69 bits per heavy atom. The number of rotatable bonds is 4. The van der Waals surface area contributed by atoms with E-state index in [-0.39, 0.29) is 0 Å². The van der Waals surface area contributed by atoms with Gasteiger partial charge in [0.25, 0.3) is 0 Å². The van der Waals surface area contributed by atoms with Gasteiger partial charge in [-0.05, 0) is 24.8 Å². The van der Waals surface area contributed by atoms with Crippen molar-refractivity contribution in [3.05, 3.63) is 48.0 Å². The van der Waals surface area contributed by atoms with Crippen molar-refractivity contribution in [2.45, 2.75) is 31.7 Å². The van der Waals surface area contributed by atoms with Gasteiger partial charge < -0.3 is 4.57 Å². The van der Waals surface area contributed by atoms with Gasteiger partial charge in [-0.1, -0.05) is 30.3 Å². The maximum atomic E-state index is 4.21. The molecule has 1 fully saturated rings. The van der Waals surface area contributed by atoms with Crippen LogP contribution in [-0.4, -0.2) is 14.8 Å². The molecular formula is C13H15N3. The van der Waals surface area contributed by atoms with Crippen molar-refractivity contribution in [2.24, 2.45) is 0 Å². The van der Waals surface area contributed by atoms with Gasteiger partial charge in [0.1, 0.15) is 12.2 Å². The summed E-state index contributed by atoms with van der Waals surface area (Å²) in [5.74, 6) is 1.13. The Hall–Kier alpha value is -1.64. The van der Waals surface area contributed by atoms with Crippen LogP contribution in [0.4, 0.5) is 0 Å². The summed E-state index contributed by atoms with van der Waals surface area (Å²) in [5.41, 5.74) is 1.37. The summed E-state index contributed by atoms with van der Waals surface area (Å²) in [6, 6.07) is 11.2. The predicted octanol–water partition coefficient (Wildman–Crippen LogP) is 2.40. The standard InChI is InChI=1S/C13H15N3/c1-2-4-11(5-3-1)6-9-13-15-14-10-16(13)12-7-8-12/h1-5,10,12H,6-9H2. The van der Waals surface area contributed by atoms with Crippen LogP contribution in [0.15, 0.2) is 36.7 Å². The maximum Gasteiger partial charge on any atom is 0.133 e. The largest absolute Gasteiger partial charge is 0.314 e. The third kappa shape index (κ3) is 1.98. The molecule has 1 aliphatic rings. The number of hydrogen-bond acceptors (Lipinski definition) is 2. The molecule has 0 bridgehead atoms. The predicted molar refractivity (Wildman–Crippen MR) is 62.1 cm³/mol. The van der Waals surface area contributed by atoms with E-state index in [0.29, 0.717) is 6.04 Å². The number of nitrogens with zero attached hydrogens (tertiary/aromatic N) is 3. The van der Waals surface area contributed by atoms with Crippen molar-refractivity contribution in [2.75, 3.05) is 0 Å². The van der Waals surface area contributed by atoms with Gasteiger partial charge in [-0.25, -0.2) is 0 Å². The molecule has 1 aromatic carbocycles. The SMILES string of the molecule is c1ccc(CCc2nncn2C2CC2)cc1. The van der Waals surface area contributed by atoms with Gasteiger partial charge in [-0.15, -0.1) is 10.2 Å². The molecule has 0 spiro atoms. The normalized spacial score (nSPS) is 15.2. The molecule has 3 rings (SSSR count). The van der Waals surface area contributed by atoms with E-state index < -0.39 is 0 Å². The van der Waals surface area contributed by atoms with E-state index in [1.807, 2.05) is 6.33 Å². The Kier molecular flexibility index (Phi) is 2.44. The molecule has 3 heteroatoms. The minimum atomic E-state index is 0.681. The molecule has 82 valence electrons. The average Bonchev–Trinajstić information content (AvgIpc) is 3.07. The third-order valence-electron chi connectivity index (χ3n) is 3.07. The van der Waals surface area contributed by atoms with Crippen molar-refractivity contribution >= 4 is 0 Å². The van der Waals surface area contributed by atoms with Gasteiger partial charge in [0.2, 0.25) is 0 Å². The fourth-order valence-electron chi connectivity index (χ4n) is 2.00. The molecule has 16 heavy (non-hydrogen) atoms. The summed E-state index contributed by atoms with van der Waals surface area (Å²) in [6.07, 6.45) is 6.48. The zero-order chi connectivity index (χ0) is 10.8. The Morgan fingerprint density at radius 2 is 1.94 bits per heavy atom. The van der Waals surface area contributed by atoms with Crippen molar-refractivity contribution in [1.82, 2.24) is 14.8 Å². The van der Waals surface area contributed by atoms with Crippen LogP contribution in [0, 0.1) is 0 Å². The lowest BCUT2D eigenvalue weighted by Gasteiger charge is -2.04. The highest BCUT2D eigenvalue weighted by molar-refractivity contribution is 5.15. The Balaban J connectivity index is 1.68. The molecule has 1 aromatic heterocycles. The summed E-state index contributed by atoms with van der Waals surface area (Å²) in [7, 11) is 0. The first-order valence-electron chi connectivity index (χ1n) is 5.86. The maximum absolute atomic E-state index is 4.21.